The van der Waals surface area contributed by atoms with Crippen molar-refractivity contribution in [2.45, 2.75) is 203 Å². The smallest absolute Gasteiger partial charge is 0.410 e. The second-order valence-corrected chi connectivity index (χ2v) is 45.8. The molecule has 576 valence electrons. The summed E-state index contributed by atoms with van der Waals surface area (Å²) in [5.41, 5.74) is 3.20. The Balaban J connectivity index is 0.000000221. The predicted octanol–water partition coefficient (Wildman–Crippen LogP) is 13.8. The van der Waals surface area contributed by atoms with Gasteiger partial charge in [0.05, 0.1) is 47.4 Å². The van der Waals surface area contributed by atoms with Gasteiger partial charge < -0.3 is 58.0 Å². The van der Waals surface area contributed by atoms with E-state index < -0.39 is 61.8 Å². The highest BCUT2D eigenvalue weighted by atomic mass is 32.2. The van der Waals surface area contributed by atoms with E-state index in [9.17, 15) is 45.2 Å². The topological polar surface area (TPSA) is 305 Å². The number of rotatable bonds is 23. The minimum absolute atomic E-state index is 0.00560. The highest BCUT2D eigenvalue weighted by Crippen LogP contribution is 2.35. The van der Waals surface area contributed by atoms with Crippen LogP contribution < -0.4 is 20.1 Å². The molecule has 2 aromatic carbocycles. The van der Waals surface area contributed by atoms with Crippen molar-refractivity contribution in [1.29, 1.82) is 0 Å². The first-order valence-corrected chi connectivity index (χ1v) is 44.1. The van der Waals surface area contributed by atoms with Gasteiger partial charge in [0, 0.05) is 102 Å². The lowest BCUT2D eigenvalue weighted by molar-refractivity contribution is -0.0504. The summed E-state index contributed by atoms with van der Waals surface area (Å²) in [7, 11) is -5.97. The molecule has 2 unspecified atom stereocenters. The summed E-state index contributed by atoms with van der Waals surface area (Å²) < 4.78 is 116. The Hall–Kier alpha value is -8.32. The van der Waals surface area contributed by atoms with Gasteiger partial charge in [-0.2, -0.15) is 36.2 Å². The molecule has 2 aliphatic rings. The fourth-order valence-electron chi connectivity index (χ4n) is 11.2. The molecule has 3 N–H and O–H groups in total. The van der Waals surface area contributed by atoms with E-state index in [4.69, 9.17) is 47.9 Å². The number of carbonyl (C=O) groups is 4. The molecule has 10 rings (SSSR count). The van der Waals surface area contributed by atoms with Crippen molar-refractivity contribution in [3.63, 3.8) is 0 Å². The zero-order valence-corrected chi connectivity index (χ0v) is 66.4. The first kappa shape index (κ1) is 82.3. The third-order valence-electron chi connectivity index (χ3n) is 16.1. The van der Waals surface area contributed by atoms with Crippen LogP contribution in [0.15, 0.2) is 61.2 Å². The number of likely N-dealkylation sites (tertiary alicyclic amines) is 2. The molecule has 4 amide bonds. The van der Waals surface area contributed by atoms with Gasteiger partial charge in [0.25, 0.3) is 21.9 Å². The van der Waals surface area contributed by atoms with E-state index in [0.717, 1.165) is 31.2 Å². The number of nitrogens with one attached hydrogen (secondary N) is 3. The number of halogens is 4. The zero-order valence-electron chi connectivity index (χ0n) is 63.6. The van der Waals surface area contributed by atoms with Crippen LogP contribution in [0.3, 0.4) is 0 Å². The van der Waals surface area contributed by atoms with E-state index in [0.29, 0.717) is 124 Å². The van der Waals surface area contributed by atoms with Crippen molar-refractivity contribution < 1.29 is 77.8 Å². The number of hydrogen-bond donors (Lipinski definition) is 3. The lowest BCUT2D eigenvalue weighted by atomic mass is 10.1. The summed E-state index contributed by atoms with van der Waals surface area (Å²) >= 11 is 0. The maximum Gasteiger partial charge on any atom is 0.410 e. The Morgan fingerprint density at radius 1 is 0.629 bits per heavy atom. The maximum atomic E-state index is 13.5. The van der Waals surface area contributed by atoms with Crippen molar-refractivity contribution in [3.8, 4) is 34.3 Å². The van der Waals surface area contributed by atoms with Crippen LogP contribution >= 0.6 is 0 Å². The van der Waals surface area contributed by atoms with E-state index >= 15 is 0 Å². The Morgan fingerprint density at radius 2 is 1.08 bits per heavy atom. The average Bonchev–Trinajstić information content (AvgIpc) is 1.62. The molecular weight excluding hydrogens is 1420 g/mol. The quantitative estimate of drug-likeness (QED) is 0.0232. The number of benzene rings is 2. The molecule has 2 atom stereocenters. The van der Waals surface area contributed by atoms with E-state index in [1.807, 2.05) is 83.1 Å². The van der Waals surface area contributed by atoms with E-state index in [-0.39, 0.29) is 67.4 Å². The molecule has 0 bridgehead atoms. The molecule has 8 heterocycles. The van der Waals surface area contributed by atoms with Crippen LogP contribution in [-0.4, -0.2) is 195 Å². The predicted molar refractivity (Wildman–Crippen MR) is 397 cm³/mol. The highest BCUT2D eigenvalue weighted by molar-refractivity contribution is 7.86. The number of amides is 4. The summed E-state index contributed by atoms with van der Waals surface area (Å²) in [6.45, 7) is 34.4. The largest absolute Gasteiger partial charge is 0.444 e. The number of hydrogen-bond acceptors (Lipinski definition) is 19. The van der Waals surface area contributed by atoms with Crippen LogP contribution in [0.25, 0.3) is 66.9 Å². The van der Waals surface area contributed by atoms with Gasteiger partial charge in [-0.15, -0.1) is 0 Å². The van der Waals surface area contributed by atoms with Crippen molar-refractivity contribution >= 4 is 94.4 Å². The summed E-state index contributed by atoms with van der Waals surface area (Å²) in [4.78, 5) is 73.4. The number of H-pyrrole nitrogens is 1. The average molecular weight is 1520 g/mol. The van der Waals surface area contributed by atoms with Crippen molar-refractivity contribution in [1.82, 2.24) is 69.5 Å². The maximum absolute atomic E-state index is 13.5. The number of carbonyl (C=O) groups excluding carboxylic acids is 4. The Kier molecular flexibility index (Phi) is 26.1. The molecule has 2 aliphatic heterocycles. The monoisotopic (exact) mass is 1520 g/mol. The van der Waals surface area contributed by atoms with Gasteiger partial charge in [-0.25, -0.2) is 29.5 Å². The summed E-state index contributed by atoms with van der Waals surface area (Å²) in [5, 5.41) is 19.2. The number of fused-ring (bicyclic) bond motifs is 4. The van der Waals surface area contributed by atoms with Crippen LogP contribution in [0.5, 0.6) is 11.5 Å². The molecule has 34 heteroatoms. The van der Waals surface area contributed by atoms with Gasteiger partial charge in [0.1, 0.15) is 70.0 Å². The van der Waals surface area contributed by atoms with Gasteiger partial charge in [0.15, 0.2) is 11.3 Å². The number of alkyl halides is 4. The third kappa shape index (κ3) is 24.6. The second-order valence-electron chi connectivity index (χ2n) is 32.9. The van der Waals surface area contributed by atoms with Gasteiger partial charge >= 0.3 is 25.4 Å². The number of aromatic nitrogens is 10. The summed E-state index contributed by atoms with van der Waals surface area (Å²) in [5.74, 6) is -0.492. The third-order valence-corrected chi connectivity index (χ3v) is 20.0. The molecule has 8 aromatic rings. The van der Waals surface area contributed by atoms with Crippen LogP contribution in [0.1, 0.15) is 117 Å². The van der Waals surface area contributed by atoms with Gasteiger partial charge in [0.2, 0.25) is 0 Å². The highest BCUT2D eigenvalue weighted by Gasteiger charge is 2.34. The minimum atomic E-state index is -3.41. The van der Waals surface area contributed by atoms with Gasteiger partial charge in [-0.3, -0.25) is 23.6 Å². The Labute approximate surface area is 612 Å². The molecule has 2 fully saturated rings. The first-order chi connectivity index (χ1) is 48.6. The van der Waals surface area contributed by atoms with Crippen LogP contribution in [0.2, 0.25) is 51.4 Å². The number of nitrogens with zero attached hydrogens (tertiary/aromatic N) is 11. The van der Waals surface area contributed by atoms with Crippen LogP contribution in [0, 0.1) is 11.8 Å². The SMILES string of the molecule is CC(C)(C)NC(=O)c1cn(COCC[Si](C)(C)C)c2ncc(-c3n[nH]c4ccc(OC(F)F)cc34)nc12.CC(C)(C)NC(=O)c1cn(COCC[Si](C)(C)C)c2ncc(-c3nn(CC4CCN(C(=O)OC(C)(C)C)C4)c4ccc(OC(F)F)cc34)nc12.CC(C)(C)OC(=O)N1CCC(COS(C)(=O)=O)C1. The fraction of sp³-hybridized carbons (Fsp3) is 0.577. The molecule has 6 aromatic heterocycles. The van der Waals surface area contributed by atoms with Gasteiger partial charge in [-0.1, -0.05) is 39.3 Å². The summed E-state index contributed by atoms with van der Waals surface area (Å²) in [6, 6.07) is 11.2. The lowest BCUT2D eigenvalue weighted by Gasteiger charge is -2.24. The lowest BCUT2D eigenvalue weighted by Crippen LogP contribution is -2.40. The molecule has 27 nitrogen and oxygen atoms in total. The van der Waals surface area contributed by atoms with Crippen LogP contribution in [0.4, 0.5) is 27.2 Å². The molecule has 0 radical (unpaired) electrons. The van der Waals surface area contributed by atoms with Crippen LogP contribution in [-0.2, 0) is 53.3 Å². The molecule has 105 heavy (non-hydrogen) atoms. The second kappa shape index (κ2) is 33.2. The van der Waals surface area contributed by atoms with Crippen molar-refractivity contribution in [3.05, 3.63) is 72.3 Å². The normalized spacial score (nSPS) is 15.6. The minimum Gasteiger partial charge on any atom is -0.444 e. The molecular formula is C71H102F4N14O13SSi2. The number of aromatic amines is 1. The summed E-state index contributed by atoms with van der Waals surface area (Å²) in [6.07, 6.45) is 8.29. The molecule has 0 spiro atoms. The Morgan fingerprint density at radius 3 is 1.52 bits per heavy atom. The molecule has 0 saturated carbocycles. The molecule has 2 saturated heterocycles. The van der Waals surface area contributed by atoms with E-state index in [1.165, 1.54) is 24.3 Å². The standard InChI is InChI=1S/C35H49F2N7O5Si.C25H32F2N6O3Si.C11H21NO5S/c1-34(2,3)40-31(45)25-20-43(21-47-14-15-50(7,8)9)30-29(25)39-26(17-38-30)28-24-16-23(48-32(36)37)10-11-27(24)44(41-28)19-22-12-13-42(18-22)33(46)49-35(4,5)6;1-25(2,3)30-23(34)17-13-33(14-35-9-10-37(4,5)6)22-21(17)29-19(12-28-22)20-16-11-15(36-24(26)27)7-8-18(16)31-32-20;1-11(2,3)17-10(13)12-6-5-9(7-12)8-16-18(4,14)15/h10-11,16-17,20,22,32H,12-15,18-19,21H2,1-9H3,(H,40,45);7-8,11-13,24H,9-10,14H2,1-6H3,(H,30,34)(H,31,32);9H,5-8H2,1-4H3. The Bertz CT molecular complexity index is 4490. The number of ether oxygens (including phenoxy) is 6. The van der Waals surface area contributed by atoms with E-state index in [1.54, 1.807) is 60.5 Å². The first-order valence-electron chi connectivity index (χ1n) is 34.9. The fourth-order valence-corrected chi connectivity index (χ4v) is 13.1. The molecule has 0 aliphatic carbocycles. The van der Waals surface area contributed by atoms with Crippen molar-refractivity contribution in [2.24, 2.45) is 11.8 Å². The van der Waals surface area contributed by atoms with Gasteiger partial charge in [-0.05, 0) is 150 Å². The van der Waals surface area contributed by atoms with Crippen molar-refractivity contribution in [2.75, 3.05) is 52.3 Å². The van der Waals surface area contributed by atoms with E-state index in [2.05, 4.69) is 69.8 Å². The zero-order chi connectivity index (χ0) is 77.5.